The first-order valence-electron chi connectivity index (χ1n) is 13.5. The van der Waals surface area contributed by atoms with Gasteiger partial charge in [0.25, 0.3) is 0 Å². The third kappa shape index (κ3) is 6.15. The molecule has 0 unspecified atom stereocenters. The Kier molecular flexibility index (Phi) is 8.11. The number of ketones is 1. The molecule has 2 fully saturated rings. The van der Waals surface area contributed by atoms with Crippen molar-refractivity contribution in [3.8, 4) is 16.9 Å². The van der Waals surface area contributed by atoms with Crippen LogP contribution < -0.4 is 10.2 Å². The molecule has 1 atom stereocenters. The highest BCUT2D eigenvalue weighted by atomic mass is 19.1. The van der Waals surface area contributed by atoms with E-state index in [1.807, 2.05) is 34.1 Å². The summed E-state index contributed by atoms with van der Waals surface area (Å²) >= 11 is 0. The van der Waals surface area contributed by atoms with Crippen molar-refractivity contribution in [3.63, 3.8) is 0 Å². The van der Waals surface area contributed by atoms with E-state index < -0.39 is 5.82 Å². The number of carbonyl (C=O) groups is 3. The number of hydrogen-bond donors (Lipinski definition) is 2. The summed E-state index contributed by atoms with van der Waals surface area (Å²) in [5, 5.41) is 13.1. The average molecular weight is 545 g/mol. The van der Waals surface area contributed by atoms with Gasteiger partial charge in [0.2, 0.25) is 11.8 Å². The molecular formula is C31H33FN4O4. The molecule has 0 spiro atoms. The molecule has 2 aliphatic heterocycles. The van der Waals surface area contributed by atoms with Gasteiger partial charge in [0, 0.05) is 60.8 Å². The number of hydrogen-bond acceptors (Lipinski definition) is 6. The number of phenolic OH excluding ortho intramolecular Hbond substituents is 1. The van der Waals surface area contributed by atoms with Crippen LogP contribution in [-0.2, 0) is 9.59 Å². The molecule has 2 amide bonds. The van der Waals surface area contributed by atoms with Crippen molar-refractivity contribution in [2.45, 2.75) is 13.3 Å². The van der Waals surface area contributed by atoms with Crippen molar-refractivity contribution in [1.82, 2.24) is 9.80 Å². The second-order valence-corrected chi connectivity index (χ2v) is 10.4. The Morgan fingerprint density at radius 1 is 0.925 bits per heavy atom. The second-order valence-electron chi connectivity index (χ2n) is 10.4. The Bertz CT molecular complexity index is 1400. The van der Waals surface area contributed by atoms with Gasteiger partial charge in [0.05, 0.1) is 12.5 Å². The molecule has 3 aromatic carbocycles. The fourth-order valence-electron chi connectivity index (χ4n) is 5.36. The summed E-state index contributed by atoms with van der Waals surface area (Å²) in [6.07, 6.45) is 0.640. The fraction of sp³-hybridized carbons (Fsp3) is 0.323. The van der Waals surface area contributed by atoms with Gasteiger partial charge in [-0.3, -0.25) is 19.3 Å². The van der Waals surface area contributed by atoms with Crippen molar-refractivity contribution in [2.24, 2.45) is 5.92 Å². The summed E-state index contributed by atoms with van der Waals surface area (Å²) in [5.41, 5.74) is 2.77. The van der Waals surface area contributed by atoms with E-state index in [0.29, 0.717) is 49.4 Å². The molecule has 0 radical (unpaired) electrons. The first-order chi connectivity index (χ1) is 19.3. The highest BCUT2D eigenvalue weighted by Crippen LogP contribution is 2.33. The minimum Gasteiger partial charge on any atom is -0.507 e. The highest BCUT2D eigenvalue weighted by Gasteiger charge is 2.31. The number of carbonyl (C=O) groups excluding carboxylic acids is 3. The number of phenols is 1. The van der Waals surface area contributed by atoms with Crippen molar-refractivity contribution in [2.75, 3.05) is 56.0 Å². The van der Waals surface area contributed by atoms with E-state index in [1.165, 1.54) is 12.1 Å². The topological polar surface area (TPSA) is 93.2 Å². The molecule has 2 N–H and O–H groups in total. The van der Waals surface area contributed by atoms with Gasteiger partial charge in [-0.05, 0) is 68.4 Å². The van der Waals surface area contributed by atoms with Gasteiger partial charge >= 0.3 is 0 Å². The average Bonchev–Trinajstić information content (AvgIpc) is 3.43. The third-order valence-corrected chi connectivity index (χ3v) is 7.70. The zero-order valence-corrected chi connectivity index (χ0v) is 22.5. The predicted octanol–water partition coefficient (Wildman–Crippen LogP) is 4.01. The largest absolute Gasteiger partial charge is 0.507 e. The maximum absolute atomic E-state index is 14.3. The number of aromatic hydroxyl groups is 1. The molecule has 2 heterocycles. The van der Waals surface area contributed by atoms with Crippen LogP contribution in [0.25, 0.3) is 11.1 Å². The van der Waals surface area contributed by atoms with E-state index >= 15 is 0 Å². The normalized spacial score (nSPS) is 17.6. The smallest absolute Gasteiger partial charge is 0.236 e. The Morgan fingerprint density at radius 3 is 2.35 bits per heavy atom. The lowest BCUT2D eigenvalue weighted by Crippen LogP contribution is -2.51. The van der Waals surface area contributed by atoms with Crippen LogP contribution in [0.2, 0.25) is 0 Å². The lowest BCUT2D eigenvalue weighted by Gasteiger charge is -2.36. The standard InChI is InChI=1S/C31H33FN4O4/c1-21(37)22-6-9-25(10-7-22)35-14-16-36(17-15-35)30(39)20-34-13-12-23(19-34)31(40)33-24-8-11-29(38)27(18-24)26-4-2-3-5-28(26)32/h2-11,18,23,38H,12-17,19-20H2,1H3,(H,33,40)/t23-/m1/s1. The van der Waals surface area contributed by atoms with Gasteiger partial charge in [-0.2, -0.15) is 0 Å². The molecule has 2 aliphatic rings. The molecule has 5 rings (SSSR count). The van der Waals surface area contributed by atoms with E-state index in [-0.39, 0.29) is 41.4 Å². The molecule has 40 heavy (non-hydrogen) atoms. The number of piperazine rings is 1. The van der Waals surface area contributed by atoms with E-state index in [9.17, 15) is 23.9 Å². The number of nitrogens with zero attached hydrogens (tertiary/aromatic N) is 3. The van der Waals surface area contributed by atoms with Crippen LogP contribution in [0.1, 0.15) is 23.7 Å². The van der Waals surface area contributed by atoms with Crippen molar-refractivity contribution in [3.05, 3.63) is 78.1 Å². The van der Waals surface area contributed by atoms with Crippen LogP contribution >= 0.6 is 0 Å². The van der Waals surface area contributed by atoms with Crippen LogP contribution in [0.4, 0.5) is 15.8 Å². The monoisotopic (exact) mass is 544 g/mol. The number of likely N-dealkylation sites (tertiary alicyclic amines) is 1. The fourth-order valence-corrected chi connectivity index (χ4v) is 5.36. The Labute approximate surface area is 233 Å². The number of amides is 2. The number of anilines is 2. The Balaban J connectivity index is 1.11. The third-order valence-electron chi connectivity index (χ3n) is 7.70. The molecule has 0 saturated carbocycles. The van der Waals surface area contributed by atoms with E-state index in [2.05, 4.69) is 10.2 Å². The maximum atomic E-state index is 14.3. The second kappa shape index (κ2) is 11.9. The number of halogens is 1. The lowest BCUT2D eigenvalue weighted by molar-refractivity contribution is -0.132. The SMILES string of the molecule is CC(=O)c1ccc(N2CCN(C(=O)CN3CC[C@@H](C(=O)Nc4ccc(O)c(-c5ccccc5F)c4)C3)CC2)cc1. The van der Waals surface area contributed by atoms with Gasteiger partial charge in [0.15, 0.2) is 5.78 Å². The molecule has 3 aromatic rings. The summed E-state index contributed by atoms with van der Waals surface area (Å²) in [6, 6.07) is 18.3. The lowest BCUT2D eigenvalue weighted by atomic mass is 10.0. The Morgan fingerprint density at radius 2 is 1.65 bits per heavy atom. The molecule has 8 nitrogen and oxygen atoms in total. The minimum atomic E-state index is -0.456. The van der Waals surface area contributed by atoms with E-state index in [1.54, 1.807) is 37.3 Å². The molecule has 0 bridgehead atoms. The Hall–Kier alpha value is -4.24. The quantitative estimate of drug-likeness (QED) is 0.345. The summed E-state index contributed by atoms with van der Waals surface area (Å²) in [5.74, 6) is -0.862. The minimum absolute atomic E-state index is 0.0397. The molecule has 2 saturated heterocycles. The van der Waals surface area contributed by atoms with Gasteiger partial charge < -0.3 is 20.2 Å². The first-order valence-corrected chi connectivity index (χ1v) is 13.5. The number of rotatable bonds is 7. The number of benzene rings is 3. The molecule has 208 valence electrons. The molecule has 0 aromatic heterocycles. The summed E-state index contributed by atoms with van der Waals surface area (Å²) in [4.78, 5) is 43.6. The molecule has 9 heteroatoms. The van der Waals surface area contributed by atoms with Crippen molar-refractivity contribution < 1.29 is 23.9 Å². The molecule has 0 aliphatic carbocycles. The number of Topliss-reactive ketones (excluding diaryl/α,β-unsaturated/α-hetero) is 1. The highest BCUT2D eigenvalue weighted by molar-refractivity contribution is 5.95. The molecular weight excluding hydrogens is 511 g/mol. The van der Waals surface area contributed by atoms with E-state index in [0.717, 1.165) is 18.8 Å². The zero-order valence-electron chi connectivity index (χ0n) is 22.5. The van der Waals surface area contributed by atoms with Crippen LogP contribution in [0.15, 0.2) is 66.7 Å². The van der Waals surface area contributed by atoms with Gasteiger partial charge in [-0.1, -0.05) is 18.2 Å². The zero-order chi connectivity index (χ0) is 28.2. The first kappa shape index (κ1) is 27.3. The summed E-state index contributed by atoms with van der Waals surface area (Å²) in [6.45, 7) is 5.64. The summed E-state index contributed by atoms with van der Waals surface area (Å²) in [7, 11) is 0. The van der Waals surface area contributed by atoms with Crippen molar-refractivity contribution >= 4 is 29.0 Å². The van der Waals surface area contributed by atoms with Gasteiger partial charge in [0.1, 0.15) is 11.6 Å². The van der Waals surface area contributed by atoms with Gasteiger partial charge in [-0.25, -0.2) is 4.39 Å². The predicted molar refractivity (Wildman–Crippen MR) is 152 cm³/mol. The van der Waals surface area contributed by atoms with Crippen LogP contribution in [0.3, 0.4) is 0 Å². The maximum Gasteiger partial charge on any atom is 0.236 e. The number of nitrogens with one attached hydrogen (secondary N) is 1. The van der Waals surface area contributed by atoms with Gasteiger partial charge in [-0.15, -0.1) is 0 Å². The summed E-state index contributed by atoms with van der Waals surface area (Å²) < 4.78 is 14.3. The van der Waals surface area contributed by atoms with Crippen LogP contribution in [0, 0.1) is 11.7 Å². The van der Waals surface area contributed by atoms with Crippen LogP contribution in [-0.4, -0.2) is 78.3 Å². The van der Waals surface area contributed by atoms with E-state index in [4.69, 9.17) is 0 Å². The van der Waals surface area contributed by atoms with Crippen molar-refractivity contribution in [1.29, 1.82) is 0 Å². The van der Waals surface area contributed by atoms with Crippen LogP contribution in [0.5, 0.6) is 5.75 Å².